The van der Waals surface area contributed by atoms with Crippen LogP contribution < -0.4 is 0 Å². The summed E-state index contributed by atoms with van der Waals surface area (Å²) in [5, 5.41) is 21.6. The molecule has 5 aliphatic rings. The highest BCUT2D eigenvalue weighted by molar-refractivity contribution is 6.01. The van der Waals surface area contributed by atoms with Crippen LogP contribution in [0.15, 0.2) is 23.8 Å². The van der Waals surface area contributed by atoms with E-state index in [-0.39, 0.29) is 41.8 Å². The summed E-state index contributed by atoms with van der Waals surface area (Å²) in [5.74, 6) is -1.22. The van der Waals surface area contributed by atoms with E-state index in [0.29, 0.717) is 25.4 Å². The zero-order valence-electron chi connectivity index (χ0n) is 21.3. The predicted octanol–water partition coefficient (Wildman–Crippen LogP) is 3.44. The molecule has 1 heterocycles. The molecule has 5 rings (SSSR count). The molecular formula is C28H39F2NO4. The van der Waals surface area contributed by atoms with Gasteiger partial charge in [-0.1, -0.05) is 26.8 Å². The maximum Gasteiger partial charge on any atom is 0.178 e. The van der Waals surface area contributed by atoms with Gasteiger partial charge in [0.2, 0.25) is 0 Å². The second kappa shape index (κ2) is 8.03. The van der Waals surface area contributed by atoms with Gasteiger partial charge in [0, 0.05) is 24.4 Å². The Morgan fingerprint density at radius 3 is 2.63 bits per heavy atom. The zero-order valence-corrected chi connectivity index (χ0v) is 21.3. The second-order valence-corrected chi connectivity index (χ2v) is 12.8. The van der Waals surface area contributed by atoms with Crippen LogP contribution >= 0.6 is 0 Å². The van der Waals surface area contributed by atoms with E-state index < -0.39 is 46.7 Å². The number of ketones is 2. The fraction of sp³-hybridized carbons (Fsp3) is 0.786. The van der Waals surface area contributed by atoms with Crippen molar-refractivity contribution in [3.8, 4) is 0 Å². The Kier molecular flexibility index (Phi) is 5.78. The molecule has 9 atom stereocenters. The number of Topliss-reactive ketones (excluding diaryl/α,β-unsaturated/α-hetero) is 1. The van der Waals surface area contributed by atoms with Crippen LogP contribution in [0.25, 0.3) is 0 Å². The molecule has 4 aliphatic carbocycles. The van der Waals surface area contributed by atoms with Gasteiger partial charge < -0.3 is 15.1 Å². The van der Waals surface area contributed by atoms with Gasteiger partial charge in [0.15, 0.2) is 17.2 Å². The molecule has 3 saturated carbocycles. The number of fused-ring (bicyclic) bond motifs is 7. The van der Waals surface area contributed by atoms with Gasteiger partial charge in [0.05, 0.1) is 11.5 Å². The summed E-state index contributed by atoms with van der Waals surface area (Å²) in [5.41, 5.74) is -5.07. The van der Waals surface area contributed by atoms with Crippen molar-refractivity contribution < 1.29 is 28.6 Å². The topological polar surface area (TPSA) is 77.8 Å². The van der Waals surface area contributed by atoms with Crippen LogP contribution in [-0.2, 0) is 9.59 Å². The fourth-order valence-electron chi connectivity index (χ4n) is 9.13. The SMILES string of the molecule is CC(C)CCN1C[C@@H]2CC3[C@@H]4C[C@H](F)C5=CC(=O)C=C[C@]5(C)[C@@]4(F)[C@@H](O)C[C@]3(C)[C@]2(C(=O)CO)C1. The van der Waals surface area contributed by atoms with Gasteiger partial charge in [-0.2, -0.15) is 0 Å². The lowest BCUT2D eigenvalue weighted by molar-refractivity contribution is -0.212. The number of carbonyl (C=O) groups is 2. The average molecular weight is 492 g/mol. The number of aliphatic hydroxyl groups is 2. The third-order valence-electron chi connectivity index (χ3n) is 10.9. The van der Waals surface area contributed by atoms with Crippen molar-refractivity contribution in [3.05, 3.63) is 23.8 Å². The fourth-order valence-corrected chi connectivity index (χ4v) is 9.13. The molecule has 0 amide bonds. The van der Waals surface area contributed by atoms with Crippen molar-refractivity contribution in [3.63, 3.8) is 0 Å². The van der Waals surface area contributed by atoms with Crippen LogP contribution in [-0.4, -0.2) is 70.9 Å². The highest BCUT2D eigenvalue weighted by Gasteiger charge is 2.78. The van der Waals surface area contributed by atoms with Crippen LogP contribution in [0, 0.1) is 39.9 Å². The molecule has 1 saturated heterocycles. The lowest BCUT2D eigenvalue weighted by Crippen LogP contribution is -2.69. The summed E-state index contributed by atoms with van der Waals surface area (Å²) < 4.78 is 33.0. The number of nitrogens with zero attached hydrogens (tertiary/aromatic N) is 1. The first-order chi connectivity index (χ1) is 16.3. The molecular weight excluding hydrogens is 452 g/mol. The minimum Gasteiger partial charge on any atom is -0.390 e. The van der Waals surface area contributed by atoms with E-state index in [4.69, 9.17) is 0 Å². The minimum absolute atomic E-state index is 0.0647. The molecule has 0 radical (unpaired) electrons. The molecule has 7 heteroatoms. The van der Waals surface area contributed by atoms with E-state index in [1.807, 2.05) is 6.92 Å². The van der Waals surface area contributed by atoms with Crippen LogP contribution in [0.4, 0.5) is 8.78 Å². The van der Waals surface area contributed by atoms with Gasteiger partial charge in [-0.25, -0.2) is 8.78 Å². The van der Waals surface area contributed by atoms with Crippen molar-refractivity contribution in [1.29, 1.82) is 0 Å². The number of halogens is 2. The van der Waals surface area contributed by atoms with Gasteiger partial charge in [0.25, 0.3) is 0 Å². The van der Waals surface area contributed by atoms with Crippen LogP contribution in [0.1, 0.15) is 53.4 Å². The number of hydrogen-bond acceptors (Lipinski definition) is 5. The van der Waals surface area contributed by atoms with E-state index in [2.05, 4.69) is 18.7 Å². The van der Waals surface area contributed by atoms with Gasteiger partial charge in [-0.3, -0.25) is 9.59 Å². The van der Waals surface area contributed by atoms with Crippen LogP contribution in [0.5, 0.6) is 0 Å². The van der Waals surface area contributed by atoms with Crippen molar-refractivity contribution in [2.45, 2.75) is 71.3 Å². The summed E-state index contributed by atoms with van der Waals surface area (Å²) in [6.45, 7) is 9.35. The molecule has 0 aromatic rings. The van der Waals surface area contributed by atoms with Crippen molar-refractivity contribution >= 4 is 11.6 Å². The van der Waals surface area contributed by atoms with Crippen molar-refractivity contribution in [2.75, 3.05) is 26.2 Å². The van der Waals surface area contributed by atoms with E-state index in [9.17, 15) is 19.8 Å². The smallest absolute Gasteiger partial charge is 0.178 e. The predicted molar refractivity (Wildman–Crippen MR) is 128 cm³/mol. The Morgan fingerprint density at radius 2 is 1.97 bits per heavy atom. The number of aliphatic hydroxyl groups excluding tert-OH is 2. The molecule has 0 aromatic carbocycles. The Bertz CT molecular complexity index is 995. The third kappa shape index (κ3) is 3.07. The number of rotatable bonds is 5. The molecule has 0 aromatic heterocycles. The van der Waals surface area contributed by atoms with Gasteiger partial charge in [-0.05, 0) is 80.0 Å². The first kappa shape index (κ1) is 25.2. The first-order valence-corrected chi connectivity index (χ1v) is 13.2. The molecule has 0 bridgehead atoms. The molecule has 5 nitrogen and oxygen atoms in total. The van der Waals surface area contributed by atoms with Gasteiger partial charge in [-0.15, -0.1) is 0 Å². The Hall–Kier alpha value is -1.44. The number of likely N-dealkylation sites (tertiary alicyclic amines) is 1. The average Bonchev–Trinajstić information content (AvgIpc) is 3.28. The summed E-state index contributed by atoms with van der Waals surface area (Å²) in [6.07, 6.45) is 2.58. The highest BCUT2D eigenvalue weighted by atomic mass is 19.1. The van der Waals surface area contributed by atoms with E-state index in [1.54, 1.807) is 6.92 Å². The van der Waals surface area contributed by atoms with E-state index in [1.165, 1.54) is 18.2 Å². The summed E-state index contributed by atoms with van der Waals surface area (Å²) >= 11 is 0. The maximum atomic E-state index is 17.3. The Balaban J connectivity index is 1.57. The molecule has 4 fully saturated rings. The lowest BCUT2D eigenvalue weighted by atomic mass is 9.43. The zero-order chi connectivity index (χ0) is 25.6. The Labute approximate surface area is 206 Å². The van der Waals surface area contributed by atoms with E-state index >= 15 is 8.78 Å². The normalized spacial score (nSPS) is 48.9. The quantitative estimate of drug-likeness (QED) is 0.616. The number of carbonyl (C=O) groups excluding carboxylic acids is 2. The van der Waals surface area contributed by atoms with Gasteiger partial charge in [0.1, 0.15) is 12.8 Å². The molecule has 2 N–H and O–H groups in total. The van der Waals surface area contributed by atoms with Crippen molar-refractivity contribution in [2.24, 2.45) is 39.9 Å². The van der Waals surface area contributed by atoms with E-state index in [0.717, 1.165) is 13.0 Å². The molecule has 0 spiro atoms. The van der Waals surface area contributed by atoms with Crippen LogP contribution in [0.2, 0.25) is 0 Å². The molecule has 1 unspecified atom stereocenters. The second-order valence-electron chi connectivity index (χ2n) is 12.8. The van der Waals surface area contributed by atoms with Crippen LogP contribution in [0.3, 0.4) is 0 Å². The minimum atomic E-state index is -2.14. The maximum absolute atomic E-state index is 17.3. The first-order valence-electron chi connectivity index (χ1n) is 13.2. The summed E-state index contributed by atoms with van der Waals surface area (Å²) in [6, 6.07) is 0. The standard InChI is InChI=1S/C28H39F2NO4/c1-16(2)6-8-31-13-17-9-19-20-11-22(29)21-10-18(33)5-7-25(21,3)28(20,30)23(34)12-26(19,4)27(17,15-31)24(35)14-32/h5,7,10,16-17,19-20,22-23,32,34H,6,8-9,11-15H2,1-4H3/t17-,19?,20-,22-,23-,25-,26-,27+,28-/m0/s1. The number of allylic oxidation sites excluding steroid dienone is 4. The monoisotopic (exact) mass is 491 g/mol. The summed E-state index contributed by atoms with van der Waals surface area (Å²) in [4.78, 5) is 27.8. The lowest BCUT2D eigenvalue weighted by Gasteiger charge is -2.63. The third-order valence-corrected chi connectivity index (χ3v) is 10.9. The molecule has 35 heavy (non-hydrogen) atoms. The van der Waals surface area contributed by atoms with Crippen molar-refractivity contribution in [1.82, 2.24) is 4.90 Å². The van der Waals surface area contributed by atoms with Gasteiger partial charge >= 0.3 is 0 Å². The number of alkyl halides is 2. The number of hydrogen-bond donors (Lipinski definition) is 2. The molecule has 194 valence electrons. The summed E-state index contributed by atoms with van der Waals surface area (Å²) in [7, 11) is 0. The molecule has 1 aliphatic heterocycles. The largest absolute Gasteiger partial charge is 0.390 e. The Morgan fingerprint density at radius 1 is 1.26 bits per heavy atom. The highest BCUT2D eigenvalue weighted by Crippen LogP contribution is 2.74.